The molecule has 2 aliphatic rings. The van der Waals surface area contributed by atoms with Crippen molar-refractivity contribution >= 4 is 11.7 Å². The quantitative estimate of drug-likeness (QED) is 0.646. The average molecular weight is 405 g/mol. The third-order valence-electron chi connectivity index (χ3n) is 6.32. The predicted molar refractivity (Wildman–Crippen MR) is 113 cm³/mol. The Hall–Kier alpha value is -1.70. The summed E-state index contributed by atoms with van der Waals surface area (Å²) in [5.74, 6) is 0.396. The molecule has 7 nitrogen and oxygen atoms in total. The highest BCUT2D eigenvalue weighted by molar-refractivity contribution is 5.99. The molecule has 0 spiro atoms. The van der Waals surface area contributed by atoms with Crippen molar-refractivity contribution in [3.63, 3.8) is 0 Å². The van der Waals surface area contributed by atoms with E-state index in [1.807, 2.05) is 24.8 Å². The first-order chi connectivity index (χ1) is 13.9. The van der Waals surface area contributed by atoms with Gasteiger partial charge in [0, 0.05) is 62.8 Å². The Labute approximate surface area is 174 Å². The number of aromatic nitrogens is 1. The van der Waals surface area contributed by atoms with Crippen molar-refractivity contribution in [3.8, 4) is 0 Å². The number of hydrogen-bond acceptors (Lipinski definition) is 5. The molecular formula is C22H36N4O3. The Morgan fingerprint density at radius 1 is 1.07 bits per heavy atom. The van der Waals surface area contributed by atoms with Crippen molar-refractivity contribution in [3.05, 3.63) is 23.0 Å². The van der Waals surface area contributed by atoms with Gasteiger partial charge >= 0.3 is 0 Å². The van der Waals surface area contributed by atoms with E-state index in [1.54, 1.807) is 0 Å². The van der Waals surface area contributed by atoms with Crippen molar-refractivity contribution in [1.29, 1.82) is 0 Å². The summed E-state index contributed by atoms with van der Waals surface area (Å²) in [4.78, 5) is 32.0. The van der Waals surface area contributed by atoms with Crippen molar-refractivity contribution in [2.24, 2.45) is 0 Å². The van der Waals surface area contributed by atoms with Crippen LogP contribution in [0.1, 0.15) is 42.0 Å². The van der Waals surface area contributed by atoms with Gasteiger partial charge in [0.05, 0.1) is 25.8 Å². The van der Waals surface area contributed by atoms with Gasteiger partial charge in [-0.25, -0.2) is 0 Å². The van der Waals surface area contributed by atoms with Crippen molar-refractivity contribution in [2.75, 3.05) is 59.0 Å². The fourth-order valence-electron chi connectivity index (χ4n) is 4.45. The van der Waals surface area contributed by atoms with Crippen LogP contribution >= 0.6 is 0 Å². The molecule has 1 aromatic heterocycles. The summed E-state index contributed by atoms with van der Waals surface area (Å²) in [5.41, 5.74) is 3.10. The van der Waals surface area contributed by atoms with Crippen molar-refractivity contribution in [1.82, 2.24) is 19.3 Å². The van der Waals surface area contributed by atoms with Gasteiger partial charge in [-0.3, -0.25) is 19.4 Å². The molecule has 1 amide bonds. The molecule has 2 fully saturated rings. The first-order valence-corrected chi connectivity index (χ1v) is 10.9. The minimum Gasteiger partial charge on any atom is -0.378 e. The average Bonchev–Trinajstić information content (AvgIpc) is 3.02. The summed E-state index contributed by atoms with van der Waals surface area (Å²) < 4.78 is 7.59. The fourth-order valence-corrected chi connectivity index (χ4v) is 4.45. The second-order valence-electron chi connectivity index (χ2n) is 8.29. The molecule has 0 aliphatic carbocycles. The van der Waals surface area contributed by atoms with Gasteiger partial charge in [0.1, 0.15) is 0 Å². The third kappa shape index (κ3) is 5.08. The molecule has 1 atom stereocenters. The topological polar surface area (TPSA) is 58.0 Å². The third-order valence-corrected chi connectivity index (χ3v) is 6.32. The molecule has 0 radical (unpaired) electrons. The van der Waals surface area contributed by atoms with E-state index in [2.05, 4.69) is 28.2 Å². The number of Topliss-reactive ketones (excluding diaryl/α,β-unsaturated/α-hetero) is 1. The number of aryl methyl sites for hydroxylation is 1. The Bertz CT molecular complexity index is 716. The van der Waals surface area contributed by atoms with Gasteiger partial charge in [-0.2, -0.15) is 0 Å². The predicted octanol–water partition coefficient (Wildman–Crippen LogP) is 1.56. The highest BCUT2D eigenvalue weighted by atomic mass is 16.5. The van der Waals surface area contributed by atoms with Gasteiger partial charge < -0.3 is 14.2 Å². The highest BCUT2D eigenvalue weighted by Crippen LogP contribution is 2.18. The van der Waals surface area contributed by atoms with Crippen LogP contribution in [-0.2, 0) is 16.1 Å². The van der Waals surface area contributed by atoms with E-state index in [0.29, 0.717) is 32.8 Å². The van der Waals surface area contributed by atoms with Gasteiger partial charge in [0.2, 0.25) is 5.91 Å². The minimum absolute atomic E-state index is 0.112. The molecule has 162 valence electrons. The van der Waals surface area contributed by atoms with Crippen LogP contribution in [0.2, 0.25) is 0 Å². The minimum atomic E-state index is -0.112. The molecule has 2 saturated heterocycles. The number of piperazine rings is 1. The van der Waals surface area contributed by atoms with Gasteiger partial charge in [-0.1, -0.05) is 6.92 Å². The lowest BCUT2D eigenvalue weighted by Crippen LogP contribution is -2.56. The standard InChI is InChI=1S/C22H36N4O3/c1-5-6-26-17(2)15-20(18(26)3)21(27)16-23-7-9-24(10-8-23)19(4)22(28)25-11-13-29-14-12-25/h15,19H,5-14,16H2,1-4H3. The first kappa shape index (κ1) is 22.0. The zero-order valence-electron chi connectivity index (χ0n) is 18.4. The van der Waals surface area contributed by atoms with Crippen molar-refractivity contribution < 1.29 is 14.3 Å². The molecule has 1 aromatic rings. The maximum atomic E-state index is 12.9. The Kier molecular flexibility index (Phi) is 7.49. The van der Waals surface area contributed by atoms with Gasteiger partial charge in [0.15, 0.2) is 5.78 Å². The van der Waals surface area contributed by atoms with Gasteiger partial charge in [0.25, 0.3) is 0 Å². The lowest BCUT2D eigenvalue weighted by molar-refractivity contribution is -0.141. The number of carbonyl (C=O) groups is 2. The summed E-state index contributed by atoms with van der Waals surface area (Å²) in [6.45, 7) is 15.6. The second kappa shape index (κ2) is 9.87. The van der Waals surface area contributed by atoms with E-state index in [0.717, 1.165) is 56.1 Å². The first-order valence-electron chi connectivity index (χ1n) is 10.9. The van der Waals surface area contributed by atoms with Gasteiger partial charge in [-0.15, -0.1) is 0 Å². The number of hydrogen-bond donors (Lipinski definition) is 0. The molecule has 3 heterocycles. The van der Waals surface area contributed by atoms with Crippen LogP contribution in [0.25, 0.3) is 0 Å². The van der Waals surface area contributed by atoms with E-state index in [4.69, 9.17) is 4.74 Å². The van der Waals surface area contributed by atoms with Crippen LogP contribution in [0.4, 0.5) is 0 Å². The molecule has 2 aliphatic heterocycles. The lowest BCUT2D eigenvalue weighted by Gasteiger charge is -2.39. The summed E-state index contributed by atoms with van der Waals surface area (Å²) >= 11 is 0. The maximum Gasteiger partial charge on any atom is 0.239 e. The summed E-state index contributed by atoms with van der Waals surface area (Å²) in [6, 6.07) is 1.92. The zero-order valence-corrected chi connectivity index (χ0v) is 18.4. The number of amides is 1. The van der Waals surface area contributed by atoms with E-state index in [9.17, 15) is 9.59 Å². The van der Waals surface area contributed by atoms with Crippen LogP contribution in [0.15, 0.2) is 6.07 Å². The summed E-state index contributed by atoms with van der Waals surface area (Å²) in [5, 5.41) is 0. The number of nitrogens with zero attached hydrogens (tertiary/aromatic N) is 4. The number of ether oxygens (including phenoxy) is 1. The lowest BCUT2D eigenvalue weighted by atomic mass is 10.1. The van der Waals surface area contributed by atoms with Crippen LogP contribution in [0.3, 0.4) is 0 Å². The number of carbonyl (C=O) groups excluding carboxylic acids is 2. The molecule has 1 unspecified atom stereocenters. The fraction of sp³-hybridized carbons (Fsp3) is 0.727. The number of ketones is 1. The Balaban J connectivity index is 1.51. The molecule has 0 N–H and O–H groups in total. The monoisotopic (exact) mass is 404 g/mol. The van der Waals surface area contributed by atoms with Crippen molar-refractivity contribution in [2.45, 2.75) is 46.7 Å². The van der Waals surface area contributed by atoms with E-state index >= 15 is 0 Å². The zero-order chi connectivity index (χ0) is 21.0. The maximum absolute atomic E-state index is 12.9. The van der Waals surface area contributed by atoms with E-state index in [-0.39, 0.29) is 17.7 Å². The molecule has 3 rings (SSSR count). The molecule has 0 bridgehead atoms. The highest BCUT2D eigenvalue weighted by Gasteiger charge is 2.30. The molecule has 0 aromatic carbocycles. The summed E-state index contributed by atoms with van der Waals surface area (Å²) in [6.07, 6.45) is 1.06. The molecular weight excluding hydrogens is 368 g/mol. The van der Waals surface area contributed by atoms with E-state index in [1.165, 1.54) is 0 Å². The van der Waals surface area contributed by atoms with E-state index < -0.39 is 0 Å². The van der Waals surface area contributed by atoms with Crippen LogP contribution in [0, 0.1) is 13.8 Å². The SMILES string of the molecule is CCCn1c(C)cc(C(=O)CN2CCN(C(C)C(=O)N3CCOCC3)CC2)c1C. The Morgan fingerprint density at radius 3 is 2.34 bits per heavy atom. The second-order valence-corrected chi connectivity index (χ2v) is 8.29. The van der Waals surface area contributed by atoms with Gasteiger partial charge in [-0.05, 0) is 33.3 Å². The number of morpholine rings is 1. The Morgan fingerprint density at radius 2 is 1.72 bits per heavy atom. The largest absolute Gasteiger partial charge is 0.378 e. The molecule has 0 saturated carbocycles. The van der Waals surface area contributed by atoms with Crippen LogP contribution < -0.4 is 0 Å². The normalized spacial score (nSPS) is 20.1. The summed E-state index contributed by atoms with van der Waals surface area (Å²) in [7, 11) is 0. The van der Waals surface area contributed by atoms with Crippen LogP contribution in [-0.4, -0.2) is 96.0 Å². The molecule has 7 heteroatoms. The molecule has 29 heavy (non-hydrogen) atoms. The van der Waals surface area contributed by atoms with Crippen LogP contribution in [0.5, 0.6) is 0 Å². The smallest absolute Gasteiger partial charge is 0.239 e. The number of rotatable bonds is 7.